The molecule has 12 heavy (non-hydrogen) atoms. The van der Waals surface area contributed by atoms with Crippen LogP contribution in [0.4, 0.5) is 0 Å². The monoisotopic (exact) mass is 164 g/mol. The van der Waals surface area contributed by atoms with Gasteiger partial charge in [0.05, 0.1) is 0 Å². The van der Waals surface area contributed by atoms with E-state index in [4.69, 9.17) is 0 Å². The Morgan fingerprint density at radius 3 is 1.92 bits per heavy atom. The van der Waals surface area contributed by atoms with E-state index in [9.17, 15) is 0 Å². The van der Waals surface area contributed by atoms with Crippen LogP contribution in [0.2, 0.25) is 0 Å². The van der Waals surface area contributed by atoms with Crippen LogP contribution < -0.4 is 0 Å². The topological polar surface area (TPSA) is 0 Å². The van der Waals surface area contributed by atoms with Crippen molar-refractivity contribution < 1.29 is 0 Å². The van der Waals surface area contributed by atoms with E-state index in [1.165, 1.54) is 25.7 Å². The normalized spacial score (nSPS) is 27.9. The molecule has 0 aromatic carbocycles. The molecule has 0 radical (unpaired) electrons. The number of hydrogen-bond acceptors (Lipinski definition) is 0. The number of allylic oxidation sites excluding steroid dienone is 2. The lowest BCUT2D eigenvalue weighted by Crippen LogP contribution is -2.26. The maximum Gasteiger partial charge on any atom is 0.00618 e. The predicted molar refractivity (Wildman–Crippen MR) is 53.0 cm³/mol. The van der Waals surface area contributed by atoms with E-state index in [1.54, 1.807) is 0 Å². The van der Waals surface area contributed by atoms with Crippen LogP contribution in [-0.4, -0.2) is 0 Å². The van der Waals surface area contributed by atoms with Crippen molar-refractivity contribution in [1.82, 2.24) is 0 Å². The molecule has 0 heterocycles. The van der Waals surface area contributed by atoms with Gasteiger partial charge < -0.3 is 0 Å². The molecule has 0 N–H and O–H groups in total. The maximum absolute atomic E-state index is 2.41. The average molecular weight is 164 g/mol. The van der Waals surface area contributed by atoms with Crippen molar-refractivity contribution in [2.75, 3.05) is 0 Å². The van der Waals surface area contributed by atoms with E-state index < -0.39 is 0 Å². The molecule has 68 valence electrons. The van der Waals surface area contributed by atoms with Crippen molar-refractivity contribution in [3.05, 3.63) is 12.2 Å². The molecular formula is C12H20. The summed E-state index contributed by atoms with van der Waals surface area (Å²) in [7, 11) is 0. The van der Waals surface area contributed by atoms with Crippen LogP contribution in [0.25, 0.3) is 0 Å². The average Bonchev–Trinajstić information content (AvgIpc) is 2.68. The molecule has 2 rings (SSSR count). The smallest absolute Gasteiger partial charge is 0.00618 e. The highest BCUT2D eigenvalue weighted by atomic mass is 14.4. The summed E-state index contributed by atoms with van der Waals surface area (Å²) in [4.78, 5) is 0. The van der Waals surface area contributed by atoms with Crippen molar-refractivity contribution >= 4 is 0 Å². The Kier molecular flexibility index (Phi) is 1.65. The van der Waals surface area contributed by atoms with Crippen LogP contribution in [0.3, 0.4) is 0 Å². The first kappa shape index (κ1) is 8.34. The Labute approximate surface area is 76.1 Å². The molecule has 0 bridgehead atoms. The van der Waals surface area contributed by atoms with Crippen LogP contribution in [0.15, 0.2) is 12.2 Å². The molecule has 0 amide bonds. The molecule has 0 unspecified atom stereocenters. The summed E-state index contributed by atoms with van der Waals surface area (Å²) >= 11 is 0. The number of rotatable bonds is 0. The minimum atomic E-state index is 0.538. The molecule has 1 fully saturated rings. The second-order valence-corrected chi connectivity index (χ2v) is 5.71. The van der Waals surface area contributed by atoms with Gasteiger partial charge in [0.15, 0.2) is 0 Å². The Balaban J connectivity index is 1.90. The van der Waals surface area contributed by atoms with Crippen molar-refractivity contribution in [2.24, 2.45) is 16.7 Å². The first-order valence-corrected chi connectivity index (χ1v) is 5.22. The quantitative estimate of drug-likeness (QED) is 0.478. The van der Waals surface area contributed by atoms with Gasteiger partial charge in [0, 0.05) is 5.41 Å². The largest absolute Gasteiger partial charge is 0.0777 e. The summed E-state index contributed by atoms with van der Waals surface area (Å²) in [6, 6.07) is 0. The Bertz CT molecular complexity index is 189. The van der Waals surface area contributed by atoms with Gasteiger partial charge in [-0.3, -0.25) is 0 Å². The van der Waals surface area contributed by atoms with E-state index in [0.29, 0.717) is 10.8 Å². The molecule has 0 aliphatic heterocycles. The minimum absolute atomic E-state index is 0.538. The summed E-state index contributed by atoms with van der Waals surface area (Å²) in [5, 5.41) is 0. The van der Waals surface area contributed by atoms with E-state index in [-0.39, 0.29) is 0 Å². The summed E-state index contributed by atoms with van der Waals surface area (Å²) in [5.41, 5.74) is 1.16. The Morgan fingerprint density at radius 2 is 1.58 bits per heavy atom. The van der Waals surface area contributed by atoms with Gasteiger partial charge in [-0.25, -0.2) is 0 Å². The third-order valence-electron chi connectivity index (χ3n) is 3.78. The molecule has 2 aliphatic carbocycles. The predicted octanol–water partition coefficient (Wildman–Crippen LogP) is 3.78. The standard InChI is InChI=1S/C12H20/c1-11(2,3)10-4-6-12(7-5-10)8-9-12/h8-10H,4-7H2,1-3H3. The summed E-state index contributed by atoms with van der Waals surface area (Å²) in [6.45, 7) is 7.15. The molecule has 0 saturated heterocycles. The second kappa shape index (κ2) is 2.37. The van der Waals surface area contributed by atoms with Crippen LogP contribution in [-0.2, 0) is 0 Å². The van der Waals surface area contributed by atoms with E-state index in [0.717, 1.165) is 5.92 Å². The van der Waals surface area contributed by atoms with Gasteiger partial charge in [-0.2, -0.15) is 0 Å². The molecule has 1 spiro atoms. The molecule has 1 saturated carbocycles. The van der Waals surface area contributed by atoms with Crippen LogP contribution in [0.5, 0.6) is 0 Å². The third-order valence-corrected chi connectivity index (χ3v) is 3.78. The maximum atomic E-state index is 2.41. The van der Waals surface area contributed by atoms with Gasteiger partial charge in [-0.05, 0) is 37.0 Å². The zero-order valence-electron chi connectivity index (χ0n) is 8.56. The molecule has 0 atom stereocenters. The highest BCUT2D eigenvalue weighted by molar-refractivity contribution is 5.26. The molecular weight excluding hydrogens is 144 g/mol. The van der Waals surface area contributed by atoms with Gasteiger partial charge in [-0.1, -0.05) is 32.9 Å². The fourth-order valence-electron chi connectivity index (χ4n) is 2.47. The van der Waals surface area contributed by atoms with Gasteiger partial charge in [-0.15, -0.1) is 0 Å². The van der Waals surface area contributed by atoms with Crippen molar-refractivity contribution in [2.45, 2.75) is 46.5 Å². The zero-order valence-corrected chi connectivity index (χ0v) is 8.56. The fraction of sp³-hybridized carbons (Fsp3) is 0.833. The molecule has 0 aromatic heterocycles. The fourth-order valence-corrected chi connectivity index (χ4v) is 2.47. The van der Waals surface area contributed by atoms with Gasteiger partial charge in [0.2, 0.25) is 0 Å². The number of hydrogen-bond donors (Lipinski definition) is 0. The Hall–Kier alpha value is -0.260. The lowest BCUT2D eigenvalue weighted by molar-refractivity contribution is 0.151. The van der Waals surface area contributed by atoms with E-state index >= 15 is 0 Å². The SMILES string of the molecule is CC(C)(C)C1CCC2(C=C2)CC1. The molecule has 0 nitrogen and oxygen atoms in total. The second-order valence-electron chi connectivity index (χ2n) is 5.71. The van der Waals surface area contributed by atoms with Crippen molar-refractivity contribution in [1.29, 1.82) is 0 Å². The minimum Gasteiger partial charge on any atom is -0.0777 e. The zero-order chi connectivity index (χ0) is 8.82. The van der Waals surface area contributed by atoms with Crippen molar-refractivity contribution in [3.63, 3.8) is 0 Å². The Morgan fingerprint density at radius 1 is 1.08 bits per heavy atom. The van der Waals surface area contributed by atoms with Gasteiger partial charge >= 0.3 is 0 Å². The first-order chi connectivity index (χ1) is 5.52. The van der Waals surface area contributed by atoms with Crippen LogP contribution in [0.1, 0.15) is 46.5 Å². The molecule has 0 aromatic rings. The van der Waals surface area contributed by atoms with E-state index in [1.807, 2.05) is 0 Å². The molecule has 0 heteroatoms. The summed E-state index contributed by atoms with van der Waals surface area (Å²) in [6.07, 6.45) is 10.6. The highest BCUT2D eigenvalue weighted by Gasteiger charge is 2.40. The van der Waals surface area contributed by atoms with E-state index in [2.05, 4.69) is 32.9 Å². The summed E-state index contributed by atoms with van der Waals surface area (Å²) in [5.74, 6) is 0.963. The van der Waals surface area contributed by atoms with Crippen LogP contribution in [0, 0.1) is 16.7 Å². The third kappa shape index (κ3) is 1.44. The molecule has 2 aliphatic rings. The highest BCUT2D eigenvalue weighted by Crippen LogP contribution is 2.52. The lowest BCUT2D eigenvalue weighted by Gasteiger charge is -2.37. The summed E-state index contributed by atoms with van der Waals surface area (Å²) < 4.78 is 0. The first-order valence-electron chi connectivity index (χ1n) is 5.22. The van der Waals surface area contributed by atoms with Gasteiger partial charge in [0.25, 0.3) is 0 Å². The van der Waals surface area contributed by atoms with Crippen molar-refractivity contribution in [3.8, 4) is 0 Å². The van der Waals surface area contributed by atoms with Crippen LogP contribution >= 0.6 is 0 Å². The lowest BCUT2D eigenvalue weighted by atomic mass is 9.68. The van der Waals surface area contributed by atoms with Gasteiger partial charge in [0.1, 0.15) is 0 Å².